The lowest BCUT2D eigenvalue weighted by Crippen LogP contribution is -2.37. The summed E-state index contributed by atoms with van der Waals surface area (Å²) in [5.74, 6) is 0. The first-order valence-electron chi connectivity index (χ1n) is 6.71. The highest BCUT2D eigenvalue weighted by atomic mass is 32.1. The molecule has 4 heteroatoms. The van der Waals surface area contributed by atoms with Crippen LogP contribution in [0.2, 0.25) is 0 Å². The molecule has 0 spiro atoms. The van der Waals surface area contributed by atoms with Crippen molar-refractivity contribution in [3.8, 4) is 0 Å². The van der Waals surface area contributed by atoms with Crippen LogP contribution in [0.25, 0.3) is 0 Å². The summed E-state index contributed by atoms with van der Waals surface area (Å²) in [5.41, 5.74) is 0.971. The molecule has 0 aliphatic heterocycles. The Labute approximate surface area is 113 Å². The molecule has 0 bridgehead atoms. The van der Waals surface area contributed by atoms with E-state index in [1.54, 1.807) is 11.3 Å². The molecule has 1 N–H and O–H groups in total. The van der Waals surface area contributed by atoms with Crippen LogP contribution >= 0.6 is 11.3 Å². The smallest absolute Gasteiger partial charge is 0.125 e. The quantitative estimate of drug-likeness (QED) is 0.910. The summed E-state index contributed by atoms with van der Waals surface area (Å²) in [6.07, 6.45) is 4.40. The zero-order chi connectivity index (χ0) is 13.2. The fourth-order valence-electron chi connectivity index (χ4n) is 2.62. The van der Waals surface area contributed by atoms with Crippen LogP contribution in [0.5, 0.6) is 0 Å². The van der Waals surface area contributed by atoms with E-state index in [9.17, 15) is 0 Å². The third-order valence-corrected chi connectivity index (χ3v) is 5.01. The largest absolute Gasteiger partial charge is 0.390 e. The van der Waals surface area contributed by atoms with Gasteiger partial charge in [0.25, 0.3) is 0 Å². The third-order valence-electron chi connectivity index (χ3n) is 3.94. The van der Waals surface area contributed by atoms with Crippen LogP contribution in [0.1, 0.15) is 57.2 Å². The van der Waals surface area contributed by atoms with Crippen molar-refractivity contribution in [2.24, 2.45) is 5.41 Å². The number of nitrogens with zero attached hydrogens (tertiary/aromatic N) is 1. The summed E-state index contributed by atoms with van der Waals surface area (Å²) in [7, 11) is 0. The van der Waals surface area contributed by atoms with E-state index in [0.29, 0.717) is 12.0 Å². The molecule has 102 valence electrons. The molecule has 1 heterocycles. The maximum Gasteiger partial charge on any atom is 0.125 e. The van der Waals surface area contributed by atoms with Gasteiger partial charge in [0, 0.05) is 12.0 Å². The predicted octanol–water partition coefficient (Wildman–Crippen LogP) is 3.47. The number of hydrogen-bond donors (Lipinski definition) is 1. The minimum absolute atomic E-state index is 0.0181. The molecular weight excluding hydrogens is 246 g/mol. The topological polar surface area (TPSA) is 42.4 Å². The van der Waals surface area contributed by atoms with Crippen LogP contribution in [-0.4, -0.2) is 16.7 Å². The van der Waals surface area contributed by atoms with Gasteiger partial charge in [0.1, 0.15) is 10.6 Å². The molecule has 1 saturated carbocycles. The van der Waals surface area contributed by atoms with Crippen LogP contribution in [0.3, 0.4) is 0 Å². The molecule has 0 aromatic carbocycles. The van der Waals surface area contributed by atoms with Gasteiger partial charge in [-0.3, -0.25) is 0 Å². The monoisotopic (exact) mass is 269 g/mol. The van der Waals surface area contributed by atoms with E-state index in [1.165, 1.54) is 12.8 Å². The van der Waals surface area contributed by atoms with E-state index >= 15 is 0 Å². The van der Waals surface area contributed by atoms with Gasteiger partial charge in [0.15, 0.2) is 0 Å². The Kier molecular flexibility index (Phi) is 4.09. The van der Waals surface area contributed by atoms with Crippen LogP contribution < -0.4 is 0 Å². The van der Waals surface area contributed by atoms with Crippen molar-refractivity contribution in [1.29, 1.82) is 0 Å². The Morgan fingerprint density at radius 2 is 2.00 bits per heavy atom. The van der Waals surface area contributed by atoms with Gasteiger partial charge in [-0.05, 0) is 38.0 Å². The molecular formula is C14H23NO2S. The summed E-state index contributed by atoms with van der Waals surface area (Å²) >= 11 is 1.62. The lowest BCUT2D eigenvalue weighted by atomic mass is 9.71. The average Bonchev–Trinajstić information content (AvgIpc) is 2.82. The lowest BCUT2D eigenvalue weighted by molar-refractivity contribution is -0.0891. The predicted molar refractivity (Wildman–Crippen MR) is 73.6 cm³/mol. The van der Waals surface area contributed by atoms with E-state index < -0.39 is 0 Å². The van der Waals surface area contributed by atoms with E-state index in [1.807, 2.05) is 12.3 Å². The molecule has 0 saturated heterocycles. The van der Waals surface area contributed by atoms with Crippen molar-refractivity contribution >= 4 is 11.3 Å². The standard InChI is InChI=1S/C14H23NO2S/c1-4-17-14(7-5-13(2,3)6-8-14)12-15-11(9-16)10-18-12/h10,16H,4-9H2,1-3H3. The van der Waals surface area contributed by atoms with Gasteiger partial charge in [-0.2, -0.15) is 0 Å². The van der Waals surface area contributed by atoms with Crippen molar-refractivity contribution in [2.75, 3.05) is 6.61 Å². The number of aromatic nitrogens is 1. The molecule has 0 atom stereocenters. The zero-order valence-electron chi connectivity index (χ0n) is 11.5. The normalized spacial score (nSPS) is 22.0. The maximum atomic E-state index is 9.15. The van der Waals surface area contributed by atoms with Crippen LogP contribution in [0, 0.1) is 5.41 Å². The Balaban J connectivity index is 2.22. The van der Waals surface area contributed by atoms with Crippen molar-refractivity contribution in [3.05, 3.63) is 16.1 Å². The Morgan fingerprint density at radius 1 is 1.33 bits per heavy atom. The summed E-state index contributed by atoms with van der Waals surface area (Å²) in [4.78, 5) is 4.53. The van der Waals surface area contributed by atoms with Crippen molar-refractivity contribution in [2.45, 2.75) is 58.7 Å². The zero-order valence-corrected chi connectivity index (χ0v) is 12.3. The molecule has 1 aromatic heterocycles. The molecule has 0 radical (unpaired) electrons. The second-order valence-corrected chi connectivity index (χ2v) is 6.75. The number of thiazole rings is 1. The first-order valence-corrected chi connectivity index (χ1v) is 7.59. The van der Waals surface area contributed by atoms with Crippen molar-refractivity contribution in [3.63, 3.8) is 0 Å². The SMILES string of the molecule is CCOC1(c2nc(CO)cs2)CCC(C)(C)CC1. The summed E-state index contributed by atoms with van der Waals surface area (Å²) in [6, 6.07) is 0. The van der Waals surface area contributed by atoms with Gasteiger partial charge in [0.05, 0.1) is 12.3 Å². The maximum absolute atomic E-state index is 9.15. The van der Waals surface area contributed by atoms with Gasteiger partial charge in [-0.25, -0.2) is 4.98 Å². The average molecular weight is 269 g/mol. The molecule has 3 nitrogen and oxygen atoms in total. The minimum Gasteiger partial charge on any atom is -0.390 e. The Bertz CT molecular complexity index is 390. The van der Waals surface area contributed by atoms with Gasteiger partial charge < -0.3 is 9.84 Å². The molecule has 1 aromatic rings. The minimum atomic E-state index is -0.206. The molecule has 1 fully saturated rings. The van der Waals surface area contributed by atoms with E-state index in [4.69, 9.17) is 9.84 Å². The fraction of sp³-hybridized carbons (Fsp3) is 0.786. The highest BCUT2D eigenvalue weighted by Crippen LogP contribution is 2.48. The molecule has 2 rings (SSSR count). The van der Waals surface area contributed by atoms with Crippen LogP contribution in [-0.2, 0) is 16.9 Å². The summed E-state index contributed by atoms with van der Waals surface area (Å²) in [5, 5.41) is 12.1. The highest BCUT2D eigenvalue weighted by Gasteiger charge is 2.42. The lowest BCUT2D eigenvalue weighted by Gasteiger charge is -2.42. The molecule has 1 aliphatic carbocycles. The number of ether oxygens (including phenoxy) is 1. The van der Waals surface area contributed by atoms with Gasteiger partial charge >= 0.3 is 0 Å². The number of aliphatic hydroxyl groups is 1. The Morgan fingerprint density at radius 3 is 2.50 bits per heavy atom. The van der Waals surface area contributed by atoms with Gasteiger partial charge in [-0.15, -0.1) is 11.3 Å². The Hall–Kier alpha value is -0.450. The number of aliphatic hydroxyl groups excluding tert-OH is 1. The highest BCUT2D eigenvalue weighted by molar-refractivity contribution is 7.09. The number of rotatable bonds is 4. The van der Waals surface area contributed by atoms with Crippen molar-refractivity contribution in [1.82, 2.24) is 4.98 Å². The molecule has 0 amide bonds. The second kappa shape index (κ2) is 5.27. The van der Waals surface area contributed by atoms with E-state index in [0.717, 1.165) is 23.5 Å². The first kappa shape index (κ1) is 14.0. The first-order chi connectivity index (χ1) is 8.51. The van der Waals surface area contributed by atoms with Crippen LogP contribution in [0.4, 0.5) is 0 Å². The molecule has 0 unspecified atom stereocenters. The van der Waals surface area contributed by atoms with E-state index in [-0.39, 0.29) is 12.2 Å². The van der Waals surface area contributed by atoms with E-state index in [2.05, 4.69) is 18.8 Å². The summed E-state index contributed by atoms with van der Waals surface area (Å²) in [6.45, 7) is 7.43. The summed E-state index contributed by atoms with van der Waals surface area (Å²) < 4.78 is 6.07. The number of hydrogen-bond acceptors (Lipinski definition) is 4. The van der Waals surface area contributed by atoms with Gasteiger partial charge in [0.2, 0.25) is 0 Å². The molecule has 18 heavy (non-hydrogen) atoms. The second-order valence-electron chi connectivity index (χ2n) is 5.89. The molecule has 1 aliphatic rings. The van der Waals surface area contributed by atoms with Crippen LogP contribution in [0.15, 0.2) is 5.38 Å². The fourth-order valence-corrected chi connectivity index (χ4v) is 3.64. The van der Waals surface area contributed by atoms with Gasteiger partial charge in [-0.1, -0.05) is 13.8 Å². The van der Waals surface area contributed by atoms with Crippen molar-refractivity contribution < 1.29 is 9.84 Å². The third kappa shape index (κ3) is 2.76.